The van der Waals surface area contributed by atoms with Gasteiger partial charge in [-0.1, -0.05) is 29.8 Å². The number of hydrogen-bond donors (Lipinski definition) is 2. The largest absolute Gasteiger partial charge is 0.396 e. The van der Waals surface area contributed by atoms with Crippen LogP contribution in [0.3, 0.4) is 0 Å². The molecule has 1 aromatic carbocycles. The topological polar surface area (TPSA) is 86.9 Å². The van der Waals surface area contributed by atoms with Crippen LogP contribution in [0, 0.1) is 0 Å². The van der Waals surface area contributed by atoms with Crippen LogP contribution in [-0.4, -0.2) is 15.7 Å². The lowest BCUT2D eigenvalue weighted by Gasteiger charge is -2.10. The molecule has 0 aliphatic heterocycles. The molecule has 2 aromatic rings. The highest BCUT2D eigenvalue weighted by Crippen LogP contribution is 2.26. The molecule has 0 spiro atoms. The first-order valence-electron chi connectivity index (χ1n) is 6.45. The van der Waals surface area contributed by atoms with Gasteiger partial charge in [-0.3, -0.25) is 4.79 Å². The lowest BCUT2D eigenvalue weighted by atomic mass is 10.1. The normalized spacial score (nSPS) is 10.8. The third-order valence-corrected chi connectivity index (χ3v) is 3.71. The van der Waals surface area contributed by atoms with Crippen LogP contribution in [0.2, 0.25) is 0 Å². The second-order valence-corrected chi connectivity index (χ2v) is 5.37. The molecule has 1 aromatic heterocycles. The fraction of sp³-hybridized carbons (Fsp3) is 0.286. The maximum atomic E-state index is 11.6. The number of carbonyl (C=O) groups excluding carboxylic acids is 1. The van der Waals surface area contributed by atoms with Gasteiger partial charge in [-0.15, -0.1) is 0 Å². The molecule has 5 nitrogen and oxygen atoms in total. The smallest absolute Gasteiger partial charge is 0.250 e. The van der Waals surface area contributed by atoms with E-state index in [0.29, 0.717) is 16.9 Å². The van der Waals surface area contributed by atoms with Crippen molar-refractivity contribution in [2.75, 3.05) is 5.73 Å². The van der Waals surface area contributed by atoms with E-state index < -0.39 is 5.91 Å². The summed E-state index contributed by atoms with van der Waals surface area (Å²) in [5.41, 5.74) is 15.1. The molecule has 0 saturated heterocycles. The van der Waals surface area contributed by atoms with Gasteiger partial charge in [-0.2, -0.15) is 5.10 Å². The molecule has 0 radical (unpaired) electrons. The van der Waals surface area contributed by atoms with Crippen molar-refractivity contribution in [1.29, 1.82) is 0 Å². The standard InChI is InChI=1S/C14H17BrN4O/c1-3-10-13(16)11(4-2)19(18-10)12-6-5-8(15)7-9(12)14(17)20/h5-7H,3-4,16H2,1-2H3,(H2,17,20). The van der Waals surface area contributed by atoms with Gasteiger partial charge in [0.05, 0.1) is 28.3 Å². The number of amides is 1. The van der Waals surface area contributed by atoms with Crippen molar-refractivity contribution >= 4 is 27.5 Å². The average Bonchev–Trinajstić information content (AvgIpc) is 2.74. The number of aromatic nitrogens is 2. The molecule has 1 heterocycles. The Labute approximate surface area is 126 Å². The Morgan fingerprint density at radius 2 is 2.05 bits per heavy atom. The first kappa shape index (κ1) is 14.6. The van der Waals surface area contributed by atoms with Gasteiger partial charge in [0.1, 0.15) is 0 Å². The molecule has 4 N–H and O–H groups in total. The zero-order valence-electron chi connectivity index (χ0n) is 11.5. The molecule has 0 bridgehead atoms. The monoisotopic (exact) mass is 336 g/mol. The van der Waals surface area contributed by atoms with E-state index in [9.17, 15) is 4.79 Å². The van der Waals surface area contributed by atoms with Crippen molar-refractivity contribution < 1.29 is 4.79 Å². The maximum absolute atomic E-state index is 11.6. The fourth-order valence-electron chi connectivity index (χ4n) is 2.21. The van der Waals surface area contributed by atoms with Crippen LogP contribution in [0.15, 0.2) is 22.7 Å². The van der Waals surface area contributed by atoms with Gasteiger partial charge in [0, 0.05) is 4.47 Å². The first-order valence-corrected chi connectivity index (χ1v) is 7.24. The Hall–Kier alpha value is -1.82. The average molecular weight is 337 g/mol. The number of aryl methyl sites for hydroxylation is 1. The van der Waals surface area contributed by atoms with Gasteiger partial charge >= 0.3 is 0 Å². The quantitative estimate of drug-likeness (QED) is 0.898. The summed E-state index contributed by atoms with van der Waals surface area (Å²) in [5, 5.41) is 4.51. The van der Waals surface area contributed by atoms with Gasteiger partial charge in [0.25, 0.3) is 5.91 Å². The Morgan fingerprint density at radius 3 is 2.60 bits per heavy atom. The molecule has 20 heavy (non-hydrogen) atoms. The van der Waals surface area contributed by atoms with E-state index in [1.807, 2.05) is 26.0 Å². The zero-order valence-corrected chi connectivity index (χ0v) is 13.1. The molecule has 0 aliphatic rings. The second-order valence-electron chi connectivity index (χ2n) is 4.45. The van der Waals surface area contributed by atoms with Crippen LogP contribution in [0.5, 0.6) is 0 Å². The number of halogens is 1. The van der Waals surface area contributed by atoms with Crippen LogP contribution >= 0.6 is 15.9 Å². The van der Waals surface area contributed by atoms with Gasteiger partial charge in [0.2, 0.25) is 0 Å². The third kappa shape index (κ3) is 2.43. The maximum Gasteiger partial charge on any atom is 0.250 e. The second kappa shape index (κ2) is 5.66. The number of benzene rings is 1. The summed E-state index contributed by atoms with van der Waals surface area (Å²) in [6.07, 6.45) is 1.47. The molecule has 1 amide bonds. The third-order valence-electron chi connectivity index (χ3n) is 3.22. The number of nitrogens with two attached hydrogens (primary N) is 2. The Balaban J connectivity index is 2.71. The zero-order chi connectivity index (χ0) is 14.9. The number of rotatable bonds is 4. The molecular formula is C14H17BrN4O. The molecule has 0 atom stereocenters. The number of anilines is 1. The predicted octanol–water partition coefficient (Wildman–Crippen LogP) is 2.44. The molecule has 0 fully saturated rings. The Morgan fingerprint density at radius 1 is 1.35 bits per heavy atom. The number of hydrogen-bond acceptors (Lipinski definition) is 3. The van der Waals surface area contributed by atoms with Crippen molar-refractivity contribution in [2.45, 2.75) is 26.7 Å². The lowest BCUT2D eigenvalue weighted by Crippen LogP contribution is -2.16. The molecule has 0 unspecified atom stereocenters. The SMILES string of the molecule is CCc1nn(-c2ccc(Br)cc2C(N)=O)c(CC)c1N. The van der Waals surface area contributed by atoms with E-state index in [2.05, 4.69) is 21.0 Å². The Bertz CT molecular complexity index is 663. The number of nitrogens with zero attached hydrogens (tertiary/aromatic N) is 2. The number of carbonyl (C=O) groups is 1. The first-order chi connectivity index (χ1) is 9.49. The summed E-state index contributed by atoms with van der Waals surface area (Å²) < 4.78 is 2.52. The fourth-order valence-corrected chi connectivity index (χ4v) is 2.57. The van der Waals surface area contributed by atoms with E-state index in [0.717, 1.165) is 28.7 Å². The van der Waals surface area contributed by atoms with Crippen LogP contribution in [0.25, 0.3) is 5.69 Å². The van der Waals surface area contributed by atoms with Crippen LogP contribution in [0.4, 0.5) is 5.69 Å². The minimum Gasteiger partial charge on any atom is -0.396 e. The summed E-state index contributed by atoms with van der Waals surface area (Å²) in [6.45, 7) is 4.01. The van der Waals surface area contributed by atoms with Crippen molar-refractivity contribution in [3.63, 3.8) is 0 Å². The van der Waals surface area contributed by atoms with Gasteiger partial charge in [0.15, 0.2) is 0 Å². The molecular weight excluding hydrogens is 320 g/mol. The van der Waals surface area contributed by atoms with Crippen molar-refractivity contribution in [3.8, 4) is 5.69 Å². The van der Waals surface area contributed by atoms with Crippen molar-refractivity contribution in [1.82, 2.24) is 9.78 Å². The summed E-state index contributed by atoms with van der Waals surface area (Å²) in [7, 11) is 0. The Kier molecular flexibility index (Phi) is 4.13. The minimum atomic E-state index is -0.490. The molecule has 0 saturated carbocycles. The van der Waals surface area contributed by atoms with E-state index in [1.165, 1.54) is 0 Å². The van der Waals surface area contributed by atoms with Crippen molar-refractivity contribution in [2.24, 2.45) is 5.73 Å². The van der Waals surface area contributed by atoms with Crippen molar-refractivity contribution in [3.05, 3.63) is 39.6 Å². The summed E-state index contributed by atoms with van der Waals surface area (Å²) in [4.78, 5) is 11.6. The van der Waals surface area contributed by atoms with E-state index in [1.54, 1.807) is 10.7 Å². The lowest BCUT2D eigenvalue weighted by molar-refractivity contribution is 0.1000. The van der Waals surface area contributed by atoms with E-state index in [4.69, 9.17) is 11.5 Å². The van der Waals surface area contributed by atoms with Gasteiger partial charge in [-0.05, 0) is 31.0 Å². The van der Waals surface area contributed by atoms with E-state index >= 15 is 0 Å². The van der Waals surface area contributed by atoms with Gasteiger partial charge < -0.3 is 11.5 Å². The molecule has 2 rings (SSSR count). The summed E-state index contributed by atoms with van der Waals surface area (Å²) in [5.74, 6) is -0.490. The van der Waals surface area contributed by atoms with Crippen LogP contribution in [0.1, 0.15) is 35.6 Å². The highest BCUT2D eigenvalue weighted by molar-refractivity contribution is 9.10. The molecule has 6 heteroatoms. The van der Waals surface area contributed by atoms with Crippen LogP contribution in [-0.2, 0) is 12.8 Å². The van der Waals surface area contributed by atoms with Crippen LogP contribution < -0.4 is 11.5 Å². The molecule has 106 valence electrons. The summed E-state index contributed by atoms with van der Waals surface area (Å²) in [6, 6.07) is 5.36. The number of primary amides is 1. The van der Waals surface area contributed by atoms with E-state index in [-0.39, 0.29) is 0 Å². The molecule has 0 aliphatic carbocycles. The van der Waals surface area contributed by atoms with Gasteiger partial charge in [-0.25, -0.2) is 4.68 Å². The highest BCUT2D eigenvalue weighted by Gasteiger charge is 2.18. The predicted molar refractivity (Wildman–Crippen MR) is 83.0 cm³/mol. The summed E-state index contributed by atoms with van der Waals surface area (Å²) >= 11 is 3.34. The highest BCUT2D eigenvalue weighted by atomic mass is 79.9. The number of nitrogen functional groups attached to an aromatic ring is 1. The minimum absolute atomic E-state index is 0.416.